The quantitative estimate of drug-likeness (QED) is 0.289. The number of rotatable bonds is 7. The number of hydrogen-bond acceptors (Lipinski definition) is 6. The Hall–Kier alpha value is -4.59. The molecule has 0 heterocycles. The van der Waals surface area contributed by atoms with E-state index in [1.165, 1.54) is 38.3 Å². The van der Waals surface area contributed by atoms with Gasteiger partial charge >= 0.3 is 5.97 Å². The van der Waals surface area contributed by atoms with Crippen LogP contribution in [0.3, 0.4) is 0 Å². The molecular weight excluding hydrogens is 424 g/mol. The van der Waals surface area contributed by atoms with E-state index in [4.69, 9.17) is 9.47 Å². The smallest absolute Gasteiger partial charge is 0.308 e. The summed E-state index contributed by atoms with van der Waals surface area (Å²) >= 11 is 0. The molecule has 0 aliphatic rings. The Balaban J connectivity index is 1.94. The van der Waals surface area contributed by atoms with Crippen LogP contribution in [0.2, 0.25) is 0 Å². The molecule has 3 aromatic rings. The number of amides is 2. The minimum Gasteiger partial charge on any atom is -0.508 e. The second-order valence-electron chi connectivity index (χ2n) is 6.89. The molecule has 0 atom stereocenters. The molecule has 0 unspecified atom stereocenters. The van der Waals surface area contributed by atoms with Crippen molar-refractivity contribution in [2.45, 2.75) is 6.92 Å². The van der Waals surface area contributed by atoms with Crippen LogP contribution in [0.1, 0.15) is 22.8 Å². The summed E-state index contributed by atoms with van der Waals surface area (Å²) < 4.78 is 10.4. The summed E-state index contributed by atoms with van der Waals surface area (Å²) in [5.41, 5.74) is 1.19. The van der Waals surface area contributed by atoms with Crippen LogP contribution in [0.15, 0.2) is 78.5 Å². The fourth-order valence-corrected chi connectivity index (χ4v) is 2.90. The third-order valence-electron chi connectivity index (χ3n) is 4.39. The Morgan fingerprint density at radius 2 is 1.67 bits per heavy atom. The fraction of sp³-hybridized carbons (Fsp3) is 0.0800. The van der Waals surface area contributed by atoms with Crippen LogP contribution in [0.4, 0.5) is 5.69 Å². The van der Waals surface area contributed by atoms with Crippen molar-refractivity contribution in [3.8, 4) is 17.2 Å². The van der Waals surface area contributed by atoms with E-state index < -0.39 is 17.8 Å². The van der Waals surface area contributed by atoms with Gasteiger partial charge in [0, 0.05) is 24.2 Å². The lowest BCUT2D eigenvalue weighted by atomic mass is 10.1. The lowest BCUT2D eigenvalue weighted by Crippen LogP contribution is -2.30. The number of carbonyl (C=O) groups excluding carboxylic acids is 3. The number of esters is 1. The fourth-order valence-electron chi connectivity index (χ4n) is 2.90. The average Bonchev–Trinajstić information content (AvgIpc) is 2.79. The predicted molar refractivity (Wildman–Crippen MR) is 123 cm³/mol. The van der Waals surface area contributed by atoms with Crippen molar-refractivity contribution in [3.05, 3.63) is 89.6 Å². The summed E-state index contributed by atoms with van der Waals surface area (Å²) in [7, 11) is 1.42. The van der Waals surface area contributed by atoms with E-state index in [0.29, 0.717) is 16.8 Å². The van der Waals surface area contributed by atoms with E-state index in [2.05, 4.69) is 10.6 Å². The second kappa shape index (κ2) is 10.6. The van der Waals surface area contributed by atoms with Gasteiger partial charge in [-0.1, -0.05) is 30.3 Å². The Bertz CT molecular complexity index is 1200. The van der Waals surface area contributed by atoms with Gasteiger partial charge in [0.05, 0.1) is 7.11 Å². The van der Waals surface area contributed by atoms with E-state index >= 15 is 0 Å². The zero-order chi connectivity index (χ0) is 23.8. The molecule has 0 aliphatic carbocycles. The first-order chi connectivity index (χ1) is 15.9. The number of benzene rings is 3. The number of anilines is 1. The first-order valence-corrected chi connectivity index (χ1v) is 9.90. The van der Waals surface area contributed by atoms with Crippen LogP contribution >= 0.6 is 0 Å². The van der Waals surface area contributed by atoms with Crippen LogP contribution in [-0.4, -0.2) is 30.0 Å². The van der Waals surface area contributed by atoms with Gasteiger partial charge in [0.25, 0.3) is 11.8 Å². The summed E-state index contributed by atoms with van der Waals surface area (Å²) in [6, 6.07) is 19.2. The Kier molecular flexibility index (Phi) is 7.43. The highest BCUT2D eigenvalue weighted by Gasteiger charge is 2.16. The van der Waals surface area contributed by atoms with E-state index in [9.17, 15) is 19.5 Å². The highest BCUT2D eigenvalue weighted by atomic mass is 16.6. The third kappa shape index (κ3) is 6.44. The van der Waals surface area contributed by atoms with Crippen LogP contribution in [-0.2, 0) is 9.59 Å². The first kappa shape index (κ1) is 23.1. The van der Waals surface area contributed by atoms with Crippen LogP contribution in [0.25, 0.3) is 6.08 Å². The summed E-state index contributed by atoms with van der Waals surface area (Å²) in [5.74, 6) is -1.10. The lowest BCUT2D eigenvalue weighted by molar-refractivity contribution is -0.132. The number of phenols is 1. The van der Waals surface area contributed by atoms with Crippen LogP contribution in [0.5, 0.6) is 17.2 Å². The zero-order valence-electron chi connectivity index (χ0n) is 18.0. The summed E-state index contributed by atoms with van der Waals surface area (Å²) in [6.45, 7) is 1.27. The molecule has 0 aromatic heterocycles. The van der Waals surface area contributed by atoms with Gasteiger partial charge in [-0.25, -0.2) is 0 Å². The number of nitrogens with one attached hydrogen (secondary N) is 2. The van der Waals surface area contributed by atoms with Gasteiger partial charge in [-0.2, -0.15) is 0 Å². The maximum absolute atomic E-state index is 13.0. The highest BCUT2D eigenvalue weighted by Crippen LogP contribution is 2.29. The maximum Gasteiger partial charge on any atom is 0.308 e. The topological polar surface area (TPSA) is 114 Å². The van der Waals surface area contributed by atoms with Crippen molar-refractivity contribution in [1.29, 1.82) is 0 Å². The van der Waals surface area contributed by atoms with Gasteiger partial charge in [-0.05, 0) is 48.0 Å². The van der Waals surface area contributed by atoms with Gasteiger partial charge in [0.1, 0.15) is 11.4 Å². The Labute approximate surface area is 190 Å². The van der Waals surface area contributed by atoms with Crippen LogP contribution < -0.4 is 20.1 Å². The normalized spacial score (nSPS) is 10.8. The Morgan fingerprint density at radius 1 is 0.909 bits per heavy atom. The molecule has 0 spiro atoms. The number of ether oxygens (including phenoxy) is 2. The van der Waals surface area contributed by atoms with Gasteiger partial charge in [0.15, 0.2) is 11.5 Å². The van der Waals surface area contributed by atoms with Crippen molar-refractivity contribution in [2.24, 2.45) is 0 Å². The molecule has 0 aliphatic heterocycles. The predicted octanol–water partition coefficient (Wildman–Crippen LogP) is 3.74. The number of carbonyl (C=O) groups is 3. The van der Waals surface area contributed by atoms with Crippen molar-refractivity contribution in [1.82, 2.24) is 5.32 Å². The molecular formula is C25H22N2O6. The monoisotopic (exact) mass is 446 g/mol. The summed E-state index contributed by atoms with van der Waals surface area (Å²) in [6.07, 6.45) is 1.46. The van der Waals surface area contributed by atoms with E-state index in [0.717, 1.165) is 0 Å². The molecule has 8 heteroatoms. The maximum atomic E-state index is 13.0. The summed E-state index contributed by atoms with van der Waals surface area (Å²) in [4.78, 5) is 37.0. The number of hydrogen-bond donors (Lipinski definition) is 3. The minimum atomic E-state index is -0.604. The summed E-state index contributed by atoms with van der Waals surface area (Å²) in [5, 5.41) is 14.9. The molecule has 2 amide bonds. The van der Waals surface area contributed by atoms with Crippen molar-refractivity contribution in [3.63, 3.8) is 0 Å². The van der Waals surface area contributed by atoms with Gasteiger partial charge in [-0.3, -0.25) is 14.4 Å². The standard InChI is InChI=1S/C25H22N2O6/c1-16(28)33-22-12-11-17(14-23(22)32-2)13-21(27-24(30)18-7-4-3-5-8-18)25(31)26-19-9-6-10-20(29)15-19/h3-15,29H,1-2H3,(H,26,31)(H,27,30). The highest BCUT2D eigenvalue weighted by molar-refractivity contribution is 6.10. The van der Waals surface area contributed by atoms with Crippen molar-refractivity contribution >= 4 is 29.5 Å². The lowest BCUT2D eigenvalue weighted by Gasteiger charge is -2.13. The van der Waals surface area contributed by atoms with E-state index in [1.807, 2.05) is 0 Å². The SMILES string of the molecule is COc1cc(C=C(NC(=O)c2ccccc2)C(=O)Nc2cccc(O)c2)ccc1OC(C)=O. The van der Waals surface area contributed by atoms with Crippen molar-refractivity contribution < 1.29 is 29.0 Å². The molecule has 3 N–H and O–H groups in total. The second-order valence-corrected chi connectivity index (χ2v) is 6.89. The Morgan fingerprint density at radius 3 is 2.33 bits per heavy atom. The van der Waals surface area contributed by atoms with Gasteiger partial charge in [0.2, 0.25) is 0 Å². The van der Waals surface area contributed by atoms with E-state index in [-0.39, 0.29) is 22.9 Å². The number of aromatic hydroxyl groups is 1. The minimum absolute atomic E-state index is 0.0163. The number of methoxy groups -OCH3 is 1. The van der Waals surface area contributed by atoms with Crippen LogP contribution in [0, 0.1) is 0 Å². The van der Waals surface area contributed by atoms with E-state index in [1.54, 1.807) is 54.6 Å². The molecule has 0 radical (unpaired) electrons. The molecule has 0 fully saturated rings. The molecule has 0 saturated carbocycles. The molecule has 33 heavy (non-hydrogen) atoms. The largest absolute Gasteiger partial charge is 0.508 e. The zero-order valence-corrected chi connectivity index (χ0v) is 18.0. The average molecular weight is 446 g/mol. The molecule has 0 saturated heterocycles. The molecule has 0 bridgehead atoms. The van der Waals surface area contributed by atoms with Gasteiger partial charge in [-0.15, -0.1) is 0 Å². The molecule has 3 aromatic carbocycles. The first-order valence-electron chi connectivity index (χ1n) is 9.90. The third-order valence-corrected chi connectivity index (χ3v) is 4.39. The molecule has 3 rings (SSSR count). The molecule has 168 valence electrons. The molecule has 8 nitrogen and oxygen atoms in total. The number of phenolic OH excluding ortho intramolecular Hbond substituents is 1. The van der Waals surface area contributed by atoms with Gasteiger partial charge < -0.3 is 25.2 Å². The van der Waals surface area contributed by atoms with Crippen molar-refractivity contribution in [2.75, 3.05) is 12.4 Å².